The van der Waals surface area contributed by atoms with Gasteiger partial charge in [-0.3, -0.25) is 4.79 Å². The monoisotopic (exact) mass is 256 g/mol. The Labute approximate surface area is 112 Å². The van der Waals surface area contributed by atoms with E-state index in [0.717, 1.165) is 29.5 Å². The van der Waals surface area contributed by atoms with Crippen molar-refractivity contribution in [2.75, 3.05) is 5.75 Å². The lowest BCUT2D eigenvalue weighted by Crippen LogP contribution is -2.28. The van der Waals surface area contributed by atoms with Gasteiger partial charge in [-0.05, 0) is 42.4 Å². The highest BCUT2D eigenvalue weighted by Crippen LogP contribution is 2.40. The lowest BCUT2D eigenvalue weighted by atomic mass is 9.93. The summed E-state index contributed by atoms with van der Waals surface area (Å²) in [7, 11) is 0. The van der Waals surface area contributed by atoms with Gasteiger partial charge in [0.1, 0.15) is 0 Å². The maximum Gasteiger partial charge on any atom is 0.178 e. The van der Waals surface area contributed by atoms with Crippen LogP contribution in [0.25, 0.3) is 10.8 Å². The Morgan fingerprint density at radius 2 is 1.94 bits per heavy atom. The fraction of sp³-hybridized carbons (Fsp3) is 0.312. The second-order valence-corrected chi connectivity index (χ2v) is 6.67. The molecule has 0 saturated carbocycles. The number of rotatable bonds is 2. The number of benzene rings is 2. The van der Waals surface area contributed by atoms with Crippen LogP contribution in [-0.2, 0) is 0 Å². The van der Waals surface area contributed by atoms with Crippen molar-refractivity contribution in [1.29, 1.82) is 0 Å². The first-order valence-corrected chi connectivity index (χ1v) is 7.35. The van der Waals surface area contributed by atoms with Gasteiger partial charge in [0.25, 0.3) is 0 Å². The molecule has 0 radical (unpaired) electrons. The van der Waals surface area contributed by atoms with Gasteiger partial charge in [-0.1, -0.05) is 36.4 Å². The molecule has 1 nitrogen and oxygen atoms in total. The van der Waals surface area contributed by atoms with Crippen molar-refractivity contribution in [3.63, 3.8) is 0 Å². The van der Waals surface area contributed by atoms with Gasteiger partial charge in [0.05, 0.1) is 4.75 Å². The molecule has 1 heterocycles. The molecule has 1 unspecified atom stereocenters. The summed E-state index contributed by atoms with van der Waals surface area (Å²) >= 11 is 1.80. The minimum atomic E-state index is -0.206. The number of carbonyl (C=O) groups excluding carboxylic acids is 1. The van der Waals surface area contributed by atoms with Gasteiger partial charge in [-0.2, -0.15) is 0 Å². The molecular formula is C16H16OS. The predicted octanol–water partition coefficient (Wildman–Crippen LogP) is 4.31. The highest BCUT2D eigenvalue weighted by Gasteiger charge is 2.37. The summed E-state index contributed by atoms with van der Waals surface area (Å²) in [6, 6.07) is 14.2. The van der Waals surface area contributed by atoms with Gasteiger partial charge < -0.3 is 0 Å². The Bertz CT molecular complexity index is 597. The largest absolute Gasteiger partial charge is 0.293 e. The van der Waals surface area contributed by atoms with Crippen molar-refractivity contribution in [3.8, 4) is 0 Å². The van der Waals surface area contributed by atoms with Gasteiger partial charge in [-0.15, -0.1) is 11.8 Å². The van der Waals surface area contributed by atoms with Crippen molar-refractivity contribution in [3.05, 3.63) is 48.0 Å². The Morgan fingerprint density at radius 3 is 2.67 bits per heavy atom. The lowest BCUT2D eigenvalue weighted by molar-refractivity contribution is 0.0949. The Kier molecular flexibility index (Phi) is 2.90. The molecule has 1 fully saturated rings. The topological polar surface area (TPSA) is 17.1 Å². The smallest absolute Gasteiger partial charge is 0.178 e. The van der Waals surface area contributed by atoms with E-state index in [0.29, 0.717) is 0 Å². The molecule has 0 N–H and O–H groups in total. The van der Waals surface area contributed by atoms with Crippen molar-refractivity contribution in [2.24, 2.45) is 0 Å². The van der Waals surface area contributed by atoms with E-state index in [9.17, 15) is 4.79 Å². The van der Waals surface area contributed by atoms with Crippen molar-refractivity contribution in [1.82, 2.24) is 0 Å². The average Bonchev–Trinajstić information content (AvgIpc) is 2.85. The van der Waals surface area contributed by atoms with Gasteiger partial charge in [0.2, 0.25) is 0 Å². The number of Topliss-reactive ketones (excluding diaryl/α,β-unsaturated/α-hetero) is 1. The zero-order valence-corrected chi connectivity index (χ0v) is 11.3. The van der Waals surface area contributed by atoms with Crippen molar-refractivity contribution < 1.29 is 4.79 Å². The minimum Gasteiger partial charge on any atom is -0.293 e. The molecule has 0 bridgehead atoms. The molecule has 1 aliphatic rings. The number of ketones is 1. The molecule has 18 heavy (non-hydrogen) atoms. The van der Waals surface area contributed by atoms with E-state index in [1.54, 1.807) is 11.8 Å². The molecule has 0 aliphatic carbocycles. The third kappa shape index (κ3) is 1.95. The molecule has 92 valence electrons. The summed E-state index contributed by atoms with van der Waals surface area (Å²) in [4.78, 5) is 12.6. The van der Waals surface area contributed by atoms with Crippen LogP contribution in [0.5, 0.6) is 0 Å². The van der Waals surface area contributed by atoms with Crippen molar-refractivity contribution >= 4 is 28.3 Å². The van der Waals surface area contributed by atoms with Crippen LogP contribution in [0.2, 0.25) is 0 Å². The lowest BCUT2D eigenvalue weighted by Gasteiger charge is -2.21. The fourth-order valence-corrected chi connectivity index (χ4v) is 3.87. The molecule has 2 aromatic rings. The van der Waals surface area contributed by atoms with Gasteiger partial charge in [-0.25, -0.2) is 0 Å². The number of hydrogen-bond donors (Lipinski definition) is 0. The van der Waals surface area contributed by atoms with Crippen LogP contribution in [0, 0.1) is 0 Å². The second-order valence-electron chi connectivity index (χ2n) is 5.07. The maximum absolute atomic E-state index is 12.6. The first-order valence-electron chi connectivity index (χ1n) is 6.37. The van der Waals surface area contributed by atoms with E-state index in [4.69, 9.17) is 0 Å². The van der Waals surface area contributed by atoms with Gasteiger partial charge in [0, 0.05) is 5.56 Å². The molecule has 2 heteroatoms. The molecule has 0 aromatic heterocycles. The molecule has 0 spiro atoms. The summed E-state index contributed by atoms with van der Waals surface area (Å²) in [5, 5.41) is 2.34. The number of thioether (sulfide) groups is 1. The van der Waals surface area contributed by atoms with Crippen LogP contribution in [-0.4, -0.2) is 16.3 Å². The van der Waals surface area contributed by atoms with Gasteiger partial charge in [0.15, 0.2) is 5.78 Å². The fourth-order valence-electron chi connectivity index (χ4n) is 2.59. The number of fused-ring (bicyclic) bond motifs is 1. The highest BCUT2D eigenvalue weighted by atomic mass is 32.2. The number of hydrogen-bond acceptors (Lipinski definition) is 2. The molecule has 3 rings (SSSR count). The SMILES string of the molecule is CC1(C(=O)c2ccc3ccccc3c2)CCCS1. The van der Waals surface area contributed by atoms with E-state index in [1.807, 2.05) is 30.3 Å². The van der Waals surface area contributed by atoms with Crippen molar-refractivity contribution in [2.45, 2.75) is 24.5 Å². The molecule has 1 aliphatic heterocycles. The zero-order valence-electron chi connectivity index (χ0n) is 10.5. The molecular weight excluding hydrogens is 240 g/mol. The maximum atomic E-state index is 12.6. The molecule has 1 atom stereocenters. The zero-order chi connectivity index (χ0) is 12.6. The number of carbonyl (C=O) groups is 1. The second kappa shape index (κ2) is 4.43. The molecule has 0 amide bonds. The quantitative estimate of drug-likeness (QED) is 0.745. The summed E-state index contributed by atoms with van der Waals surface area (Å²) in [6.45, 7) is 2.09. The molecule has 2 aromatic carbocycles. The minimum absolute atomic E-state index is 0.206. The van der Waals surface area contributed by atoms with Crippen LogP contribution < -0.4 is 0 Å². The summed E-state index contributed by atoms with van der Waals surface area (Å²) in [5.41, 5.74) is 0.852. The van der Waals surface area contributed by atoms with E-state index >= 15 is 0 Å². The Hall–Kier alpha value is -1.28. The van der Waals surface area contributed by atoms with Crippen LogP contribution in [0.15, 0.2) is 42.5 Å². The van der Waals surface area contributed by atoms with Gasteiger partial charge >= 0.3 is 0 Å². The molecule has 1 saturated heterocycles. The van der Waals surface area contributed by atoms with E-state index < -0.39 is 0 Å². The third-order valence-electron chi connectivity index (χ3n) is 3.71. The Balaban J connectivity index is 2.01. The van der Waals surface area contributed by atoms with Crippen LogP contribution >= 0.6 is 11.8 Å². The first-order chi connectivity index (χ1) is 8.69. The van der Waals surface area contributed by atoms with Crippen LogP contribution in [0.1, 0.15) is 30.1 Å². The Morgan fingerprint density at radius 1 is 1.17 bits per heavy atom. The standard InChI is InChI=1S/C16H16OS/c1-16(9-4-10-18-16)15(17)14-8-7-12-5-2-3-6-13(12)11-14/h2-3,5-8,11H,4,9-10H2,1H3. The van der Waals surface area contributed by atoms with E-state index in [-0.39, 0.29) is 10.5 Å². The summed E-state index contributed by atoms with van der Waals surface area (Å²) < 4.78 is -0.206. The van der Waals surface area contributed by atoms with E-state index in [1.165, 1.54) is 5.39 Å². The summed E-state index contributed by atoms with van der Waals surface area (Å²) in [5.74, 6) is 1.39. The average molecular weight is 256 g/mol. The normalized spacial score (nSPS) is 23.4. The highest BCUT2D eigenvalue weighted by molar-refractivity contribution is 8.01. The summed E-state index contributed by atoms with van der Waals surface area (Å²) in [6.07, 6.45) is 2.16. The predicted molar refractivity (Wildman–Crippen MR) is 78.4 cm³/mol. The van der Waals surface area contributed by atoms with Crippen LogP contribution in [0.4, 0.5) is 0 Å². The first kappa shape index (κ1) is 11.8. The third-order valence-corrected chi connectivity index (χ3v) is 5.23. The van der Waals surface area contributed by atoms with E-state index in [2.05, 4.69) is 19.1 Å². The van der Waals surface area contributed by atoms with Crippen LogP contribution in [0.3, 0.4) is 0 Å².